The summed E-state index contributed by atoms with van der Waals surface area (Å²) in [5.74, 6) is 1.12. The minimum atomic E-state index is -0.438. The van der Waals surface area contributed by atoms with Gasteiger partial charge in [0, 0.05) is 22.5 Å². The quantitative estimate of drug-likeness (QED) is 0.787. The van der Waals surface area contributed by atoms with Crippen LogP contribution in [0.1, 0.15) is 13.8 Å². The van der Waals surface area contributed by atoms with Crippen molar-refractivity contribution in [2.45, 2.75) is 19.9 Å². The monoisotopic (exact) mass is 348 g/mol. The second-order valence-corrected chi connectivity index (χ2v) is 5.60. The molecular weight excluding hydrogens is 328 g/mol. The highest BCUT2D eigenvalue weighted by Gasteiger charge is 2.14. The molecule has 0 aliphatic heterocycles. The van der Waals surface area contributed by atoms with Crippen LogP contribution in [0.5, 0.6) is 11.5 Å². The Bertz CT molecular complexity index is 706. The van der Waals surface area contributed by atoms with E-state index < -0.39 is 6.04 Å². The van der Waals surface area contributed by atoms with Crippen molar-refractivity contribution < 1.29 is 14.3 Å². The Morgan fingerprint density at radius 3 is 2.62 bits per heavy atom. The Hall–Kier alpha value is -2.40. The van der Waals surface area contributed by atoms with E-state index >= 15 is 0 Å². The van der Waals surface area contributed by atoms with Crippen LogP contribution in [0.15, 0.2) is 42.5 Å². The molecule has 0 aromatic heterocycles. The minimum absolute atomic E-state index is 0.162. The fourth-order valence-electron chi connectivity index (χ4n) is 2.16. The van der Waals surface area contributed by atoms with Crippen molar-refractivity contribution in [2.24, 2.45) is 0 Å². The Balaban J connectivity index is 2.03. The van der Waals surface area contributed by atoms with Gasteiger partial charge in [0.1, 0.15) is 6.04 Å². The van der Waals surface area contributed by atoms with Crippen LogP contribution in [0.2, 0.25) is 5.02 Å². The molecule has 24 heavy (non-hydrogen) atoms. The van der Waals surface area contributed by atoms with Crippen LogP contribution in [0.4, 0.5) is 11.4 Å². The van der Waals surface area contributed by atoms with Crippen molar-refractivity contribution >= 4 is 28.9 Å². The lowest BCUT2D eigenvalue weighted by molar-refractivity contribution is -0.116. The number of rotatable bonds is 7. The predicted octanol–water partition coefficient (Wildman–Crippen LogP) is 4.19. The van der Waals surface area contributed by atoms with Crippen LogP contribution >= 0.6 is 11.6 Å². The summed E-state index contributed by atoms with van der Waals surface area (Å²) < 4.78 is 10.8. The molecule has 2 aromatic carbocycles. The van der Waals surface area contributed by atoms with E-state index in [1.165, 1.54) is 0 Å². The average molecular weight is 349 g/mol. The average Bonchev–Trinajstić information content (AvgIpc) is 2.56. The molecule has 2 N–H and O–H groups in total. The van der Waals surface area contributed by atoms with Gasteiger partial charge in [0.2, 0.25) is 5.91 Å². The topological polar surface area (TPSA) is 59.6 Å². The summed E-state index contributed by atoms with van der Waals surface area (Å²) in [5.41, 5.74) is 1.43. The predicted molar refractivity (Wildman–Crippen MR) is 97.3 cm³/mol. The highest BCUT2D eigenvalue weighted by atomic mass is 35.5. The molecule has 2 aromatic rings. The van der Waals surface area contributed by atoms with E-state index in [9.17, 15) is 4.79 Å². The van der Waals surface area contributed by atoms with Gasteiger partial charge in [0.15, 0.2) is 11.5 Å². The molecule has 6 heteroatoms. The van der Waals surface area contributed by atoms with E-state index in [0.29, 0.717) is 28.8 Å². The van der Waals surface area contributed by atoms with Gasteiger partial charge in [0.25, 0.3) is 0 Å². The summed E-state index contributed by atoms with van der Waals surface area (Å²) in [7, 11) is 1.58. The number of hydrogen-bond acceptors (Lipinski definition) is 4. The molecule has 0 fully saturated rings. The zero-order valence-electron chi connectivity index (χ0n) is 13.9. The first-order valence-electron chi connectivity index (χ1n) is 7.67. The fraction of sp³-hybridized carbons (Fsp3) is 0.278. The van der Waals surface area contributed by atoms with Gasteiger partial charge < -0.3 is 20.1 Å². The number of nitrogens with one attached hydrogen (secondary N) is 2. The molecule has 0 saturated heterocycles. The summed E-state index contributed by atoms with van der Waals surface area (Å²) in [6.07, 6.45) is 0. The second kappa shape index (κ2) is 8.45. The van der Waals surface area contributed by atoms with Crippen molar-refractivity contribution in [1.82, 2.24) is 0 Å². The maximum atomic E-state index is 12.3. The molecular formula is C18H21ClN2O3. The third kappa shape index (κ3) is 4.80. The molecule has 0 saturated carbocycles. The maximum absolute atomic E-state index is 12.3. The van der Waals surface area contributed by atoms with Gasteiger partial charge in [-0.3, -0.25) is 4.79 Å². The fourth-order valence-corrected chi connectivity index (χ4v) is 2.35. The molecule has 0 aliphatic carbocycles. The number of methoxy groups -OCH3 is 1. The third-order valence-corrected chi connectivity index (χ3v) is 3.57. The number of carbonyl (C=O) groups excluding carboxylic acids is 1. The number of hydrogen-bond donors (Lipinski definition) is 2. The van der Waals surface area contributed by atoms with E-state index in [4.69, 9.17) is 21.1 Å². The molecule has 128 valence electrons. The summed E-state index contributed by atoms with van der Waals surface area (Å²) in [6, 6.07) is 12.0. The summed E-state index contributed by atoms with van der Waals surface area (Å²) in [5, 5.41) is 6.53. The minimum Gasteiger partial charge on any atom is -0.493 e. The van der Waals surface area contributed by atoms with E-state index in [0.717, 1.165) is 5.69 Å². The van der Waals surface area contributed by atoms with E-state index in [1.807, 2.05) is 19.1 Å². The molecule has 1 amide bonds. The first-order chi connectivity index (χ1) is 11.5. The van der Waals surface area contributed by atoms with Crippen molar-refractivity contribution in [3.05, 3.63) is 47.5 Å². The second-order valence-electron chi connectivity index (χ2n) is 5.16. The molecule has 5 nitrogen and oxygen atoms in total. The molecule has 0 radical (unpaired) electrons. The van der Waals surface area contributed by atoms with Crippen molar-refractivity contribution in [3.8, 4) is 11.5 Å². The molecule has 1 atom stereocenters. The highest BCUT2D eigenvalue weighted by Crippen LogP contribution is 2.30. The van der Waals surface area contributed by atoms with Crippen molar-refractivity contribution in [3.63, 3.8) is 0 Å². The van der Waals surface area contributed by atoms with Gasteiger partial charge in [-0.05, 0) is 44.2 Å². The standard InChI is InChI=1S/C18H21ClN2O3/c1-4-24-16-9-8-15(11-17(16)23-3)20-12(2)18(22)21-14-7-5-6-13(19)10-14/h5-12,20H,4H2,1-3H3,(H,21,22)/t12-/m1/s1. The SMILES string of the molecule is CCOc1ccc(N[C@H](C)C(=O)Nc2cccc(Cl)c2)cc1OC. The Kier molecular flexibility index (Phi) is 6.32. The van der Waals surface area contributed by atoms with Gasteiger partial charge in [-0.1, -0.05) is 17.7 Å². The summed E-state index contributed by atoms with van der Waals surface area (Å²) in [6.45, 7) is 4.25. The lowest BCUT2D eigenvalue weighted by atomic mass is 10.2. The first-order valence-corrected chi connectivity index (χ1v) is 8.05. The molecule has 0 spiro atoms. The van der Waals surface area contributed by atoms with Crippen LogP contribution in [0.25, 0.3) is 0 Å². The van der Waals surface area contributed by atoms with Crippen LogP contribution < -0.4 is 20.1 Å². The zero-order chi connectivity index (χ0) is 17.5. The van der Waals surface area contributed by atoms with Gasteiger partial charge in [-0.15, -0.1) is 0 Å². The van der Waals surface area contributed by atoms with Crippen LogP contribution in [0, 0.1) is 0 Å². The van der Waals surface area contributed by atoms with E-state index in [1.54, 1.807) is 44.4 Å². The maximum Gasteiger partial charge on any atom is 0.246 e. The number of benzene rings is 2. The molecule has 0 unspecified atom stereocenters. The van der Waals surface area contributed by atoms with Crippen molar-refractivity contribution in [1.29, 1.82) is 0 Å². The normalized spacial score (nSPS) is 11.5. The number of ether oxygens (including phenoxy) is 2. The first kappa shape index (κ1) is 17.9. The molecule has 0 bridgehead atoms. The van der Waals surface area contributed by atoms with E-state index in [2.05, 4.69) is 10.6 Å². The van der Waals surface area contributed by atoms with Crippen LogP contribution in [0.3, 0.4) is 0 Å². The van der Waals surface area contributed by atoms with Gasteiger partial charge in [0.05, 0.1) is 13.7 Å². The number of carbonyl (C=O) groups is 1. The zero-order valence-corrected chi connectivity index (χ0v) is 14.7. The summed E-state index contributed by atoms with van der Waals surface area (Å²) in [4.78, 5) is 12.3. The van der Waals surface area contributed by atoms with E-state index in [-0.39, 0.29) is 5.91 Å². The Morgan fingerprint density at radius 2 is 1.96 bits per heavy atom. The van der Waals surface area contributed by atoms with Crippen LogP contribution in [-0.4, -0.2) is 25.7 Å². The smallest absolute Gasteiger partial charge is 0.246 e. The summed E-state index contributed by atoms with van der Waals surface area (Å²) >= 11 is 5.92. The number of amides is 1. The van der Waals surface area contributed by atoms with Gasteiger partial charge >= 0.3 is 0 Å². The van der Waals surface area contributed by atoms with Gasteiger partial charge in [-0.25, -0.2) is 0 Å². The number of halogens is 1. The lowest BCUT2D eigenvalue weighted by Gasteiger charge is -2.17. The Labute approximate surface area is 146 Å². The lowest BCUT2D eigenvalue weighted by Crippen LogP contribution is -2.31. The van der Waals surface area contributed by atoms with Crippen molar-refractivity contribution in [2.75, 3.05) is 24.4 Å². The van der Waals surface area contributed by atoms with Gasteiger partial charge in [-0.2, -0.15) is 0 Å². The third-order valence-electron chi connectivity index (χ3n) is 3.33. The molecule has 0 heterocycles. The largest absolute Gasteiger partial charge is 0.493 e. The molecule has 2 rings (SSSR count). The van der Waals surface area contributed by atoms with Crippen LogP contribution in [-0.2, 0) is 4.79 Å². The number of anilines is 2. The highest BCUT2D eigenvalue weighted by molar-refractivity contribution is 6.30. The Morgan fingerprint density at radius 1 is 1.17 bits per heavy atom. The molecule has 0 aliphatic rings.